The maximum absolute atomic E-state index is 12.3. The molecule has 0 amide bonds. The van der Waals surface area contributed by atoms with Gasteiger partial charge >= 0.3 is 5.97 Å². The number of esters is 1. The minimum atomic E-state index is -0.511. The summed E-state index contributed by atoms with van der Waals surface area (Å²) in [5.74, 6) is -0.311. The minimum absolute atomic E-state index is 0.0456. The van der Waals surface area contributed by atoms with Crippen LogP contribution in [0.1, 0.15) is 54.1 Å². The number of ether oxygens (including phenoxy) is 1. The molecule has 30 heavy (non-hydrogen) atoms. The van der Waals surface area contributed by atoms with Gasteiger partial charge in [0, 0.05) is 11.3 Å². The van der Waals surface area contributed by atoms with E-state index in [1.54, 1.807) is 11.3 Å². The summed E-state index contributed by atoms with van der Waals surface area (Å²) in [6.45, 7) is 5.61. The molecule has 2 heterocycles. The molecule has 156 valence electrons. The molecule has 0 bridgehead atoms. The van der Waals surface area contributed by atoms with E-state index in [4.69, 9.17) is 9.57 Å². The summed E-state index contributed by atoms with van der Waals surface area (Å²) in [4.78, 5) is 20.0. The molecule has 0 N–H and O–H groups in total. The first-order valence-corrected chi connectivity index (χ1v) is 11.1. The third kappa shape index (κ3) is 4.91. The lowest BCUT2D eigenvalue weighted by Crippen LogP contribution is -2.30. The van der Waals surface area contributed by atoms with Crippen LogP contribution in [0.25, 0.3) is 0 Å². The van der Waals surface area contributed by atoms with Gasteiger partial charge in [0.25, 0.3) is 0 Å². The van der Waals surface area contributed by atoms with Gasteiger partial charge in [0.15, 0.2) is 0 Å². The number of benzene rings is 2. The number of carbonyl (C=O) groups is 1. The van der Waals surface area contributed by atoms with Gasteiger partial charge in [-0.05, 0) is 68.5 Å². The van der Waals surface area contributed by atoms with Crippen LogP contribution >= 0.6 is 11.3 Å². The van der Waals surface area contributed by atoms with Crippen molar-refractivity contribution in [3.8, 4) is 0 Å². The fraction of sp³-hybridized carbons (Fsp3) is 0.320. The molecule has 0 spiro atoms. The van der Waals surface area contributed by atoms with E-state index in [9.17, 15) is 4.79 Å². The van der Waals surface area contributed by atoms with Gasteiger partial charge in [-0.1, -0.05) is 36.4 Å². The summed E-state index contributed by atoms with van der Waals surface area (Å²) in [6.07, 6.45) is 1.86. The minimum Gasteiger partial charge on any atom is -0.456 e. The summed E-state index contributed by atoms with van der Waals surface area (Å²) in [7, 11) is 0. The summed E-state index contributed by atoms with van der Waals surface area (Å²) >= 11 is 1.72. The summed E-state index contributed by atoms with van der Waals surface area (Å²) in [6, 6.07) is 22.4. The van der Waals surface area contributed by atoms with Gasteiger partial charge < -0.3 is 4.74 Å². The van der Waals surface area contributed by atoms with Crippen molar-refractivity contribution < 1.29 is 14.4 Å². The van der Waals surface area contributed by atoms with Crippen molar-refractivity contribution in [2.75, 3.05) is 5.06 Å². The third-order valence-corrected chi connectivity index (χ3v) is 5.95. The van der Waals surface area contributed by atoms with Crippen molar-refractivity contribution in [2.45, 2.75) is 51.4 Å². The lowest BCUT2D eigenvalue weighted by atomic mass is 10.0. The van der Waals surface area contributed by atoms with E-state index in [1.165, 1.54) is 10.4 Å². The van der Waals surface area contributed by atoms with Crippen LogP contribution in [0.4, 0.5) is 5.69 Å². The molecule has 1 fully saturated rings. The number of carbonyl (C=O) groups excluding carboxylic acids is 1. The van der Waals surface area contributed by atoms with Gasteiger partial charge in [-0.15, -0.1) is 11.3 Å². The quantitative estimate of drug-likeness (QED) is 0.460. The van der Waals surface area contributed by atoms with Gasteiger partial charge in [-0.3, -0.25) is 4.84 Å². The fourth-order valence-electron chi connectivity index (χ4n) is 3.66. The molecule has 1 aliphatic heterocycles. The Morgan fingerprint density at radius 2 is 1.80 bits per heavy atom. The maximum atomic E-state index is 12.3. The van der Waals surface area contributed by atoms with Crippen LogP contribution in [-0.4, -0.2) is 17.6 Å². The van der Waals surface area contributed by atoms with Crippen molar-refractivity contribution in [1.82, 2.24) is 0 Å². The van der Waals surface area contributed by atoms with Crippen LogP contribution in [0.3, 0.4) is 0 Å². The largest absolute Gasteiger partial charge is 0.456 e. The lowest BCUT2D eigenvalue weighted by Gasteiger charge is -2.25. The Kier molecular flexibility index (Phi) is 5.93. The van der Waals surface area contributed by atoms with Gasteiger partial charge in [0.05, 0.1) is 17.3 Å². The SMILES string of the molecule is CC(C)(C)OC(=O)c1ccc(N2O[C@@H](c3cccs3)C[C@H]2Cc2ccccc2)cc1. The average molecular weight is 422 g/mol. The highest BCUT2D eigenvalue weighted by Gasteiger charge is 2.35. The van der Waals surface area contributed by atoms with Crippen LogP contribution in [0.15, 0.2) is 72.1 Å². The van der Waals surface area contributed by atoms with E-state index in [2.05, 4.69) is 41.8 Å². The van der Waals surface area contributed by atoms with Crippen molar-refractivity contribution >= 4 is 23.0 Å². The topological polar surface area (TPSA) is 38.8 Å². The van der Waals surface area contributed by atoms with Crippen LogP contribution in [0.5, 0.6) is 0 Å². The molecule has 1 aliphatic rings. The molecule has 2 atom stereocenters. The lowest BCUT2D eigenvalue weighted by molar-refractivity contribution is 0.00694. The number of thiophene rings is 1. The third-order valence-electron chi connectivity index (χ3n) is 4.99. The average Bonchev–Trinajstić information content (AvgIpc) is 3.38. The van der Waals surface area contributed by atoms with Crippen LogP contribution < -0.4 is 5.06 Å². The molecular weight excluding hydrogens is 394 g/mol. The Balaban J connectivity index is 1.55. The Hall–Kier alpha value is -2.63. The molecule has 1 aromatic heterocycles. The monoisotopic (exact) mass is 421 g/mol. The van der Waals surface area contributed by atoms with Crippen molar-refractivity contribution in [3.05, 3.63) is 88.1 Å². The first-order chi connectivity index (χ1) is 14.4. The predicted molar refractivity (Wildman–Crippen MR) is 121 cm³/mol. The predicted octanol–water partition coefficient (Wildman–Crippen LogP) is 6.20. The van der Waals surface area contributed by atoms with Gasteiger partial charge in [0.2, 0.25) is 0 Å². The van der Waals surface area contributed by atoms with Crippen LogP contribution in [0.2, 0.25) is 0 Å². The smallest absolute Gasteiger partial charge is 0.338 e. The highest BCUT2D eigenvalue weighted by Crippen LogP contribution is 2.39. The number of hydrogen-bond acceptors (Lipinski definition) is 5. The molecule has 2 aromatic carbocycles. The molecule has 4 nitrogen and oxygen atoms in total. The molecule has 0 unspecified atom stereocenters. The summed E-state index contributed by atoms with van der Waals surface area (Å²) in [5, 5.41) is 4.10. The van der Waals surface area contributed by atoms with E-state index >= 15 is 0 Å². The molecule has 3 aromatic rings. The standard InChI is InChI=1S/C25H27NO3S/c1-25(2,3)28-24(27)19-11-13-20(14-12-19)26-21(16-18-8-5-4-6-9-18)17-22(29-26)23-10-7-15-30-23/h4-15,21-22H,16-17H2,1-3H3/t21-,22-/m1/s1. The van der Waals surface area contributed by atoms with Crippen LogP contribution in [-0.2, 0) is 16.0 Å². The molecule has 1 saturated heterocycles. The highest BCUT2D eigenvalue weighted by molar-refractivity contribution is 7.10. The van der Waals surface area contributed by atoms with Gasteiger partial charge in [0.1, 0.15) is 11.7 Å². The fourth-order valence-corrected chi connectivity index (χ4v) is 4.42. The van der Waals surface area contributed by atoms with Gasteiger partial charge in [-0.2, -0.15) is 0 Å². The zero-order chi connectivity index (χ0) is 21.1. The van der Waals surface area contributed by atoms with E-state index in [0.717, 1.165) is 18.5 Å². The second-order valence-corrected chi connectivity index (χ2v) is 9.54. The Labute approximate surface area is 182 Å². The van der Waals surface area contributed by atoms with E-state index < -0.39 is 5.60 Å². The molecule has 0 saturated carbocycles. The highest BCUT2D eigenvalue weighted by atomic mass is 32.1. The first-order valence-electron chi connectivity index (χ1n) is 10.3. The van der Waals surface area contributed by atoms with E-state index in [1.807, 2.05) is 56.2 Å². The molecule has 0 aliphatic carbocycles. The molecule has 5 heteroatoms. The number of anilines is 1. The maximum Gasteiger partial charge on any atom is 0.338 e. The summed E-state index contributed by atoms with van der Waals surface area (Å²) in [5.41, 5.74) is 2.26. The Morgan fingerprint density at radius 1 is 1.07 bits per heavy atom. The number of hydroxylamine groups is 1. The number of hydrogen-bond donors (Lipinski definition) is 0. The second kappa shape index (κ2) is 8.62. The summed E-state index contributed by atoms with van der Waals surface area (Å²) < 4.78 is 5.47. The second-order valence-electron chi connectivity index (χ2n) is 8.56. The number of nitrogens with zero attached hydrogens (tertiary/aromatic N) is 1. The van der Waals surface area contributed by atoms with Crippen molar-refractivity contribution in [3.63, 3.8) is 0 Å². The first kappa shape index (κ1) is 20.6. The molecule has 4 rings (SSSR count). The normalized spacial score (nSPS) is 19.1. The van der Waals surface area contributed by atoms with Crippen molar-refractivity contribution in [1.29, 1.82) is 0 Å². The van der Waals surface area contributed by atoms with E-state index in [-0.39, 0.29) is 18.1 Å². The van der Waals surface area contributed by atoms with E-state index in [0.29, 0.717) is 5.56 Å². The van der Waals surface area contributed by atoms with Crippen molar-refractivity contribution in [2.24, 2.45) is 0 Å². The zero-order valence-electron chi connectivity index (χ0n) is 17.6. The Bertz CT molecular complexity index is 962. The zero-order valence-corrected chi connectivity index (χ0v) is 18.4. The van der Waals surface area contributed by atoms with Gasteiger partial charge in [-0.25, -0.2) is 9.86 Å². The van der Waals surface area contributed by atoms with Crippen LogP contribution in [0, 0.1) is 0 Å². The number of rotatable bonds is 5. The Morgan fingerprint density at radius 3 is 2.43 bits per heavy atom. The molecule has 0 radical (unpaired) electrons. The molecular formula is C25H27NO3S.